The summed E-state index contributed by atoms with van der Waals surface area (Å²) in [6.45, 7) is 13.1. The molecule has 0 aromatic heterocycles. The van der Waals surface area contributed by atoms with Gasteiger partial charge in [-0.15, -0.1) is 0 Å². The van der Waals surface area contributed by atoms with E-state index in [9.17, 15) is 14.7 Å². The number of unbranched alkanes of at least 4 members (excludes halogenated alkanes) is 3. The summed E-state index contributed by atoms with van der Waals surface area (Å²) in [7, 11) is 1.79. The lowest BCUT2D eigenvalue weighted by molar-refractivity contribution is -0.139. The van der Waals surface area contributed by atoms with Gasteiger partial charge in [0, 0.05) is 31.8 Å². The number of likely N-dealkylation sites (tertiary alicyclic amines) is 1. The highest BCUT2D eigenvalue weighted by molar-refractivity contribution is 7.98. The Balaban J connectivity index is 0.000000901. The SMILES string of the molecule is CC.CCCCCC.COCC1CC(CC2CCCCC2)CN1Cc1ccc(C(=O)NC(CCSC)C(=O)O)c(-c2ccccc2C)c1. The van der Waals surface area contributed by atoms with E-state index >= 15 is 0 Å². The third-order valence-corrected chi connectivity index (χ3v) is 10.3. The fraction of sp³-hybridized carbons (Fsp3) is 0.659. The predicted octanol–water partition coefficient (Wildman–Crippen LogP) is 10.0. The minimum Gasteiger partial charge on any atom is -0.480 e. The van der Waals surface area contributed by atoms with E-state index in [0.717, 1.165) is 47.9 Å². The van der Waals surface area contributed by atoms with Gasteiger partial charge in [-0.1, -0.05) is 116 Å². The molecule has 3 unspecified atom stereocenters. The van der Waals surface area contributed by atoms with Crippen LogP contribution < -0.4 is 5.32 Å². The number of nitrogens with zero attached hydrogens (tertiary/aromatic N) is 1. The second kappa shape index (κ2) is 23.9. The number of aliphatic carboxylic acids is 1. The van der Waals surface area contributed by atoms with Crippen molar-refractivity contribution < 1.29 is 19.4 Å². The van der Waals surface area contributed by atoms with Crippen molar-refractivity contribution in [2.24, 2.45) is 11.8 Å². The van der Waals surface area contributed by atoms with E-state index < -0.39 is 12.0 Å². The molecule has 48 heavy (non-hydrogen) atoms. The number of rotatable bonds is 16. The molecule has 0 radical (unpaired) electrons. The van der Waals surface area contributed by atoms with Crippen molar-refractivity contribution in [3.05, 3.63) is 59.2 Å². The molecular formula is C41H66N2O4S. The minimum absolute atomic E-state index is 0.343. The zero-order chi connectivity index (χ0) is 35.3. The molecule has 6 nitrogen and oxygen atoms in total. The second-order valence-electron chi connectivity index (χ2n) is 13.4. The number of amides is 1. The van der Waals surface area contributed by atoms with E-state index in [1.807, 2.05) is 63.4 Å². The molecule has 2 aliphatic rings. The van der Waals surface area contributed by atoms with Crippen molar-refractivity contribution in [2.75, 3.05) is 32.3 Å². The maximum absolute atomic E-state index is 13.4. The van der Waals surface area contributed by atoms with Gasteiger partial charge in [0.05, 0.1) is 6.61 Å². The summed E-state index contributed by atoms with van der Waals surface area (Å²) in [5.41, 5.74) is 4.60. The van der Waals surface area contributed by atoms with E-state index in [-0.39, 0.29) is 5.91 Å². The number of hydrogen-bond donors (Lipinski definition) is 2. The molecule has 0 spiro atoms. The van der Waals surface area contributed by atoms with Crippen LogP contribution in [-0.4, -0.2) is 66.2 Å². The third kappa shape index (κ3) is 13.9. The van der Waals surface area contributed by atoms with Crippen LogP contribution in [0.4, 0.5) is 0 Å². The number of hydrogen-bond acceptors (Lipinski definition) is 5. The molecule has 2 fully saturated rings. The molecule has 3 atom stereocenters. The molecule has 1 heterocycles. The van der Waals surface area contributed by atoms with Crippen molar-refractivity contribution in [1.82, 2.24) is 10.2 Å². The topological polar surface area (TPSA) is 78.9 Å². The lowest BCUT2D eigenvalue weighted by Gasteiger charge is -2.25. The van der Waals surface area contributed by atoms with Gasteiger partial charge >= 0.3 is 5.97 Å². The summed E-state index contributed by atoms with van der Waals surface area (Å²) in [5, 5.41) is 12.5. The average molecular weight is 683 g/mol. The van der Waals surface area contributed by atoms with Crippen LogP contribution in [-0.2, 0) is 16.1 Å². The largest absolute Gasteiger partial charge is 0.480 e. The highest BCUT2D eigenvalue weighted by atomic mass is 32.2. The molecule has 1 aliphatic carbocycles. The summed E-state index contributed by atoms with van der Waals surface area (Å²) < 4.78 is 5.63. The van der Waals surface area contributed by atoms with Crippen molar-refractivity contribution >= 4 is 23.6 Å². The van der Waals surface area contributed by atoms with Gasteiger partial charge in [-0.05, 0) is 84.4 Å². The van der Waals surface area contributed by atoms with Crippen LogP contribution >= 0.6 is 11.8 Å². The number of nitrogens with one attached hydrogen (secondary N) is 1. The maximum atomic E-state index is 13.4. The smallest absolute Gasteiger partial charge is 0.326 e. The monoisotopic (exact) mass is 682 g/mol. The third-order valence-electron chi connectivity index (χ3n) is 9.69. The molecule has 1 saturated heterocycles. The first-order valence-electron chi connectivity index (χ1n) is 18.8. The summed E-state index contributed by atoms with van der Waals surface area (Å²) in [5.74, 6) is 0.902. The van der Waals surface area contributed by atoms with Gasteiger partial charge in [0.2, 0.25) is 0 Å². The molecule has 2 aromatic rings. The molecule has 1 saturated carbocycles. The Morgan fingerprint density at radius 3 is 2.29 bits per heavy atom. The zero-order valence-corrected chi connectivity index (χ0v) is 32.0. The van der Waals surface area contributed by atoms with E-state index in [4.69, 9.17) is 4.74 Å². The first-order valence-corrected chi connectivity index (χ1v) is 20.1. The Morgan fingerprint density at radius 1 is 1.00 bits per heavy atom. The molecule has 2 aromatic carbocycles. The molecular weight excluding hydrogens is 617 g/mol. The lowest BCUT2D eigenvalue weighted by Crippen LogP contribution is -2.41. The number of carboxylic acid groups (broad SMARTS) is 1. The van der Waals surface area contributed by atoms with E-state index in [2.05, 4.69) is 30.1 Å². The van der Waals surface area contributed by atoms with Gasteiger partial charge in [-0.3, -0.25) is 9.69 Å². The minimum atomic E-state index is -1.00. The van der Waals surface area contributed by atoms with E-state index in [1.165, 1.54) is 70.6 Å². The van der Waals surface area contributed by atoms with Crippen LogP contribution in [0.2, 0.25) is 0 Å². The lowest BCUT2D eigenvalue weighted by atomic mass is 9.82. The van der Waals surface area contributed by atoms with Crippen LogP contribution in [0, 0.1) is 18.8 Å². The molecule has 270 valence electrons. The molecule has 7 heteroatoms. The van der Waals surface area contributed by atoms with Crippen molar-refractivity contribution in [3.63, 3.8) is 0 Å². The normalized spacial score (nSPS) is 18.6. The van der Waals surface area contributed by atoms with E-state index in [1.54, 1.807) is 18.9 Å². The molecule has 4 rings (SSSR count). The predicted molar refractivity (Wildman–Crippen MR) is 205 cm³/mol. The Kier molecular flexibility index (Phi) is 20.8. The highest BCUT2D eigenvalue weighted by Gasteiger charge is 2.34. The van der Waals surface area contributed by atoms with E-state index in [0.29, 0.717) is 29.7 Å². The Hall–Kier alpha value is -2.35. The Morgan fingerprint density at radius 2 is 1.69 bits per heavy atom. The van der Waals surface area contributed by atoms with Crippen molar-refractivity contribution in [3.8, 4) is 11.1 Å². The van der Waals surface area contributed by atoms with Crippen molar-refractivity contribution in [2.45, 2.75) is 130 Å². The Bertz CT molecular complexity index is 1190. The van der Waals surface area contributed by atoms with Gasteiger partial charge in [-0.25, -0.2) is 4.79 Å². The second-order valence-corrected chi connectivity index (χ2v) is 14.4. The summed E-state index contributed by atoms with van der Waals surface area (Å²) in [6.07, 6.45) is 17.3. The number of carboxylic acids is 1. The number of thioether (sulfide) groups is 1. The van der Waals surface area contributed by atoms with Gasteiger partial charge in [0.15, 0.2) is 0 Å². The number of ether oxygens (including phenoxy) is 1. The van der Waals surface area contributed by atoms with Crippen LogP contribution in [0.1, 0.15) is 126 Å². The van der Waals surface area contributed by atoms with Gasteiger partial charge in [0.1, 0.15) is 6.04 Å². The number of methoxy groups -OCH3 is 1. The first kappa shape index (κ1) is 41.8. The Labute approximate surface area is 297 Å². The van der Waals surface area contributed by atoms with Crippen LogP contribution in [0.15, 0.2) is 42.5 Å². The van der Waals surface area contributed by atoms with Crippen LogP contribution in [0.5, 0.6) is 0 Å². The fourth-order valence-corrected chi connectivity index (χ4v) is 7.63. The average Bonchev–Trinajstić information content (AvgIpc) is 3.47. The van der Waals surface area contributed by atoms with Gasteiger partial charge in [0.25, 0.3) is 5.91 Å². The summed E-state index contributed by atoms with van der Waals surface area (Å²) in [6, 6.07) is 13.6. The molecule has 0 bridgehead atoms. The highest BCUT2D eigenvalue weighted by Crippen LogP contribution is 2.36. The van der Waals surface area contributed by atoms with Gasteiger partial charge < -0.3 is 15.2 Å². The van der Waals surface area contributed by atoms with Crippen molar-refractivity contribution in [1.29, 1.82) is 0 Å². The molecule has 1 amide bonds. The van der Waals surface area contributed by atoms with Crippen LogP contribution in [0.3, 0.4) is 0 Å². The zero-order valence-electron chi connectivity index (χ0n) is 31.2. The summed E-state index contributed by atoms with van der Waals surface area (Å²) >= 11 is 1.57. The number of carbonyl (C=O) groups is 2. The number of carbonyl (C=O) groups excluding carboxylic acids is 1. The first-order chi connectivity index (χ1) is 23.3. The standard InChI is InChI=1S/C33H46N2O4S.C6H14.C2H6/c1-23-9-7-8-12-28(23)30-19-25(13-14-29(30)32(36)34-31(33(37)38)15-16-40-3)20-35-21-26(18-27(35)22-39-2)17-24-10-5-4-6-11-24;1-3-5-6-4-2;1-2/h7-9,12-14,19,24,26-27,31H,4-6,10-11,15-18,20-22H2,1-3H3,(H,34,36)(H,37,38);3-6H2,1-2H3;1-2H3. The number of benzene rings is 2. The number of aryl methyl sites for hydroxylation is 1. The quantitative estimate of drug-likeness (QED) is 0.172. The van der Waals surface area contributed by atoms with Gasteiger partial charge in [-0.2, -0.15) is 11.8 Å². The molecule has 1 aliphatic heterocycles. The fourth-order valence-electron chi connectivity index (χ4n) is 7.16. The maximum Gasteiger partial charge on any atom is 0.326 e. The van der Waals surface area contributed by atoms with Crippen LogP contribution in [0.25, 0.3) is 11.1 Å². The summed E-state index contributed by atoms with van der Waals surface area (Å²) in [4.78, 5) is 27.8. The molecule has 2 N–H and O–H groups in total.